The van der Waals surface area contributed by atoms with Crippen molar-refractivity contribution in [3.8, 4) is 0 Å². The van der Waals surface area contributed by atoms with Gasteiger partial charge in [0, 0.05) is 14.2 Å². The predicted octanol–water partition coefficient (Wildman–Crippen LogP) is 5.69. The average Bonchev–Trinajstić information content (AvgIpc) is 2.45. The van der Waals surface area contributed by atoms with E-state index in [0.29, 0.717) is 10.2 Å². The SMILES string of the molecule is CCC(C)(C)C(Br)c1cc(Br)c(C)s1. The van der Waals surface area contributed by atoms with Gasteiger partial charge in [-0.25, -0.2) is 0 Å². The lowest BCUT2D eigenvalue weighted by Gasteiger charge is -2.28. The molecular weight excluding hydrogens is 324 g/mol. The summed E-state index contributed by atoms with van der Waals surface area (Å²) in [4.78, 5) is 3.23. The summed E-state index contributed by atoms with van der Waals surface area (Å²) in [5, 5.41) is 0. The minimum atomic E-state index is 0.316. The Bertz CT molecular complexity index is 296. The van der Waals surface area contributed by atoms with Gasteiger partial charge in [-0.3, -0.25) is 0 Å². The summed E-state index contributed by atoms with van der Waals surface area (Å²) in [5.74, 6) is 0. The van der Waals surface area contributed by atoms with Crippen molar-refractivity contribution in [1.82, 2.24) is 0 Å². The molecule has 1 aromatic rings. The molecule has 0 bridgehead atoms. The molecule has 0 spiro atoms. The van der Waals surface area contributed by atoms with Gasteiger partial charge in [0.25, 0.3) is 0 Å². The van der Waals surface area contributed by atoms with E-state index >= 15 is 0 Å². The topological polar surface area (TPSA) is 0 Å². The van der Waals surface area contributed by atoms with E-state index in [1.165, 1.54) is 20.6 Å². The highest BCUT2D eigenvalue weighted by Crippen LogP contribution is 2.46. The first-order valence-electron chi connectivity index (χ1n) is 4.78. The molecule has 0 aromatic carbocycles. The second-order valence-corrected chi connectivity index (χ2v) is 7.32. The maximum absolute atomic E-state index is 3.80. The molecular formula is C11H16Br2S. The number of halogens is 2. The van der Waals surface area contributed by atoms with Gasteiger partial charge in [-0.2, -0.15) is 0 Å². The molecule has 1 heterocycles. The van der Waals surface area contributed by atoms with E-state index in [0.717, 1.165) is 0 Å². The van der Waals surface area contributed by atoms with E-state index in [1.54, 1.807) is 0 Å². The van der Waals surface area contributed by atoms with Gasteiger partial charge in [0.1, 0.15) is 0 Å². The van der Waals surface area contributed by atoms with Crippen molar-refractivity contribution in [2.75, 3.05) is 0 Å². The van der Waals surface area contributed by atoms with E-state index < -0.39 is 0 Å². The smallest absolute Gasteiger partial charge is 0.0540 e. The third-order valence-electron chi connectivity index (χ3n) is 2.72. The summed E-state index contributed by atoms with van der Waals surface area (Å²) in [6.45, 7) is 8.99. The van der Waals surface area contributed by atoms with Gasteiger partial charge < -0.3 is 0 Å². The Morgan fingerprint density at radius 1 is 1.50 bits per heavy atom. The average molecular weight is 340 g/mol. The zero-order valence-electron chi connectivity index (χ0n) is 9.03. The minimum absolute atomic E-state index is 0.316. The van der Waals surface area contributed by atoms with Crippen molar-refractivity contribution in [2.24, 2.45) is 5.41 Å². The number of hydrogen-bond donors (Lipinski definition) is 0. The molecule has 0 amide bonds. The van der Waals surface area contributed by atoms with Crippen LogP contribution < -0.4 is 0 Å². The van der Waals surface area contributed by atoms with Crippen LogP contribution >= 0.6 is 43.2 Å². The quantitative estimate of drug-likeness (QED) is 0.620. The van der Waals surface area contributed by atoms with Crippen LogP contribution in [0.25, 0.3) is 0 Å². The fourth-order valence-corrected chi connectivity index (χ4v) is 3.66. The molecule has 0 aliphatic carbocycles. The van der Waals surface area contributed by atoms with Crippen molar-refractivity contribution in [3.63, 3.8) is 0 Å². The summed E-state index contributed by atoms with van der Waals surface area (Å²) in [6.07, 6.45) is 1.18. The molecule has 1 unspecified atom stereocenters. The summed E-state index contributed by atoms with van der Waals surface area (Å²) >= 11 is 9.24. The van der Waals surface area contributed by atoms with Crippen molar-refractivity contribution >= 4 is 43.2 Å². The van der Waals surface area contributed by atoms with Gasteiger partial charge in [-0.1, -0.05) is 36.7 Å². The van der Waals surface area contributed by atoms with Crippen molar-refractivity contribution in [1.29, 1.82) is 0 Å². The minimum Gasteiger partial charge on any atom is -0.143 e. The first-order valence-corrected chi connectivity index (χ1v) is 7.31. The summed E-state index contributed by atoms with van der Waals surface area (Å²) in [6, 6.07) is 2.23. The molecule has 80 valence electrons. The largest absolute Gasteiger partial charge is 0.143 e. The van der Waals surface area contributed by atoms with E-state index in [-0.39, 0.29) is 0 Å². The molecule has 1 atom stereocenters. The Balaban J connectivity index is 2.94. The Kier molecular flexibility index (Phi) is 4.24. The van der Waals surface area contributed by atoms with Gasteiger partial charge in [0.15, 0.2) is 0 Å². The number of hydrogen-bond acceptors (Lipinski definition) is 1. The molecule has 0 fully saturated rings. The highest BCUT2D eigenvalue weighted by Gasteiger charge is 2.28. The van der Waals surface area contributed by atoms with E-state index in [9.17, 15) is 0 Å². The summed E-state index contributed by atoms with van der Waals surface area (Å²) < 4.78 is 1.23. The molecule has 0 N–H and O–H groups in total. The van der Waals surface area contributed by atoms with Gasteiger partial charge in [0.05, 0.1) is 4.83 Å². The van der Waals surface area contributed by atoms with E-state index in [2.05, 4.69) is 65.6 Å². The molecule has 14 heavy (non-hydrogen) atoms. The normalized spacial score (nSPS) is 14.4. The monoisotopic (exact) mass is 338 g/mol. The second kappa shape index (κ2) is 4.67. The lowest BCUT2D eigenvalue weighted by Crippen LogP contribution is -2.15. The first kappa shape index (κ1) is 12.7. The van der Waals surface area contributed by atoms with Crippen LogP contribution in [0.5, 0.6) is 0 Å². The molecule has 0 nitrogen and oxygen atoms in total. The summed E-state index contributed by atoms with van der Waals surface area (Å²) in [5.41, 5.74) is 0.316. The number of alkyl halides is 1. The summed E-state index contributed by atoms with van der Waals surface area (Å²) in [7, 11) is 0. The Morgan fingerprint density at radius 3 is 2.43 bits per heavy atom. The van der Waals surface area contributed by atoms with Crippen LogP contribution in [0.15, 0.2) is 10.5 Å². The molecule has 0 radical (unpaired) electrons. The molecule has 0 saturated carbocycles. The van der Waals surface area contributed by atoms with Crippen LogP contribution in [0.3, 0.4) is 0 Å². The fourth-order valence-electron chi connectivity index (χ4n) is 1.17. The highest BCUT2D eigenvalue weighted by atomic mass is 79.9. The van der Waals surface area contributed by atoms with E-state index in [4.69, 9.17) is 0 Å². The zero-order chi connectivity index (χ0) is 10.9. The van der Waals surface area contributed by atoms with Gasteiger partial charge in [0.2, 0.25) is 0 Å². The zero-order valence-corrected chi connectivity index (χ0v) is 13.0. The van der Waals surface area contributed by atoms with Crippen LogP contribution in [0, 0.1) is 12.3 Å². The van der Waals surface area contributed by atoms with Gasteiger partial charge >= 0.3 is 0 Å². The maximum atomic E-state index is 3.80. The van der Waals surface area contributed by atoms with Gasteiger partial charge in [-0.05, 0) is 40.8 Å². The molecule has 1 aromatic heterocycles. The van der Waals surface area contributed by atoms with Crippen LogP contribution in [0.1, 0.15) is 41.8 Å². The van der Waals surface area contributed by atoms with Crippen LogP contribution in [0.4, 0.5) is 0 Å². The molecule has 1 rings (SSSR count). The molecule has 0 aliphatic heterocycles. The Labute approximate surface area is 107 Å². The first-order chi connectivity index (χ1) is 6.38. The van der Waals surface area contributed by atoms with E-state index in [1.807, 2.05) is 11.3 Å². The Morgan fingerprint density at radius 2 is 2.07 bits per heavy atom. The molecule has 3 heteroatoms. The predicted molar refractivity (Wildman–Crippen MR) is 72.5 cm³/mol. The molecule has 0 saturated heterocycles. The third-order valence-corrected chi connectivity index (χ3v) is 6.96. The lowest BCUT2D eigenvalue weighted by atomic mass is 9.86. The third kappa shape index (κ3) is 2.61. The fraction of sp³-hybridized carbons (Fsp3) is 0.636. The van der Waals surface area contributed by atoms with Crippen LogP contribution in [-0.2, 0) is 0 Å². The van der Waals surface area contributed by atoms with Crippen molar-refractivity contribution < 1.29 is 0 Å². The standard InChI is InChI=1S/C11H16Br2S/c1-5-11(3,4)10(13)9-6-8(12)7(2)14-9/h6,10H,5H2,1-4H3. The van der Waals surface area contributed by atoms with Crippen LogP contribution in [-0.4, -0.2) is 0 Å². The lowest BCUT2D eigenvalue weighted by molar-refractivity contribution is 0.348. The number of aryl methyl sites for hydroxylation is 1. The van der Waals surface area contributed by atoms with Gasteiger partial charge in [-0.15, -0.1) is 11.3 Å². The molecule has 0 aliphatic rings. The second-order valence-electron chi connectivity index (χ2n) is 4.26. The Hall–Kier alpha value is 0.660. The van der Waals surface area contributed by atoms with Crippen LogP contribution in [0.2, 0.25) is 0 Å². The number of thiophene rings is 1. The maximum Gasteiger partial charge on any atom is 0.0540 e. The van der Waals surface area contributed by atoms with Crippen molar-refractivity contribution in [2.45, 2.75) is 38.9 Å². The highest BCUT2D eigenvalue weighted by molar-refractivity contribution is 9.10. The number of rotatable bonds is 3. The van der Waals surface area contributed by atoms with Crippen molar-refractivity contribution in [3.05, 3.63) is 20.3 Å².